The molecule has 3 N–H and O–H groups in total. The Bertz CT molecular complexity index is 1120. The molecule has 0 spiro atoms. The number of nitrogens with two attached hydrogens (primary N) is 1. The van der Waals surface area contributed by atoms with Crippen molar-refractivity contribution < 1.29 is 18.7 Å². The summed E-state index contributed by atoms with van der Waals surface area (Å²) in [5.41, 5.74) is 7.91. The Kier molecular flexibility index (Phi) is 6.48. The molecule has 9 heteroatoms. The molecule has 32 heavy (non-hydrogen) atoms. The van der Waals surface area contributed by atoms with E-state index in [4.69, 9.17) is 10.5 Å². The van der Waals surface area contributed by atoms with Crippen LogP contribution in [0.2, 0.25) is 0 Å². The Morgan fingerprint density at radius 2 is 1.88 bits per heavy atom. The van der Waals surface area contributed by atoms with Gasteiger partial charge in [0.05, 0.1) is 30.2 Å². The average Bonchev–Trinajstić information content (AvgIpc) is 2.81. The van der Waals surface area contributed by atoms with Gasteiger partial charge in [-0.1, -0.05) is 24.3 Å². The lowest BCUT2D eigenvalue weighted by molar-refractivity contribution is -0.119. The molecule has 8 nitrogen and oxygen atoms in total. The molecule has 2 aromatic carbocycles. The minimum Gasteiger partial charge on any atom is -0.369 e. The van der Waals surface area contributed by atoms with E-state index >= 15 is 0 Å². The van der Waals surface area contributed by atoms with Crippen LogP contribution in [0.4, 0.5) is 10.1 Å². The average molecular weight is 435 g/mol. The Labute approximate surface area is 184 Å². The van der Waals surface area contributed by atoms with E-state index in [0.717, 1.165) is 5.56 Å². The van der Waals surface area contributed by atoms with E-state index in [9.17, 15) is 14.0 Å². The van der Waals surface area contributed by atoms with E-state index in [1.54, 1.807) is 48.8 Å². The van der Waals surface area contributed by atoms with E-state index < -0.39 is 17.8 Å². The van der Waals surface area contributed by atoms with Crippen molar-refractivity contribution in [1.29, 1.82) is 0 Å². The molecule has 1 aliphatic rings. The lowest BCUT2D eigenvalue weighted by atomic mass is 10.0. The molecule has 1 atom stereocenters. The summed E-state index contributed by atoms with van der Waals surface area (Å²) < 4.78 is 19.7. The van der Waals surface area contributed by atoms with Crippen molar-refractivity contribution in [2.45, 2.75) is 6.10 Å². The van der Waals surface area contributed by atoms with Gasteiger partial charge in [-0.25, -0.2) is 4.39 Å². The van der Waals surface area contributed by atoms with Gasteiger partial charge in [0.25, 0.3) is 0 Å². The monoisotopic (exact) mass is 435 g/mol. The highest BCUT2D eigenvalue weighted by molar-refractivity contribution is 5.93. The van der Waals surface area contributed by atoms with Crippen LogP contribution in [-0.2, 0) is 9.53 Å². The first-order chi connectivity index (χ1) is 15.5. The highest BCUT2D eigenvalue weighted by Gasteiger charge is 2.27. The van der Waals surface area contributed by atoms with Gasteiger partial charge >= 0.3 is 0 Å². The van der Waals surface area contributed by atoms with Crippen molar-refractivity contribution >= 4 is 17.5 Å². The largest absolute Gasteiger partial charge is 0.369 e. The van der Waals surface area contributed by atoms with Crippen LogP contribution in [0.15, 0.2) is 60.9 Å². The molecule has 1 aromatic heterocycles. The van der Waals surface area contributed by atoms with Gasteiger partial charge in [-0.2, -0.15) is 0 Å². The first-order valence-electron chi connectivity index (χ1n) is 10.1. The molecular formula is C23H22FN5O3. The zero-order valence-corrected chi connectivity index (χ0v) is 17.2. The van der Waals surface area contributed by atoms with Crippen LogP contribution in [0.3, 0.4) is 0 Å². The van der Waals surface area contributed by atoms with Crippen LogP contribution >= 0.6 is 0 Å². The van der Waals surface area contributed by atoms with E-state index in [-0.39, 0.29) is 18.1 Å². The predicted octanol–water partition coefficient (Wildman–Crippen LogP) is 2.39. The number of amides is 2. The second-order valence-corrected chi connectivity index (χ2v) is 7.35. The number of primary amides is 1. The van der Waals surface area contributed by atoms with E-state index in [1.807, 2.05) is 4.90 Å². The number of rotatable bonds is 6. The number of morpholine rings is 1. The Balaban J connectivity index is 1.47. The van der Waals surface area contributed by atoms with Gasteiger partial charge in [0.1, 0.15) is 11.9 Å². The van der Waals surface area contributed by atoms with Crippen molar-refractivity contribution in [3.05, 3.63) is 78.0 Å². The molecule has 0 aliphatic carbocycles. The fourth-order valence-corrected chi connectivity index (χ4v) is 3.57. The van der Waals surface area contributed by atoms with Gasteiger partial charge < -0.3 is 15.8 Å². The number of carbonyl (C=O) groups excluding carboxylic acids is 2. The molecule has 1 fully saturated rings. The molecule has 1 saturated heterocycles. The lowest BCUT2D eigenvalue weighted by Crippen LogP contribution is -2.43. The summed E-state index contributed by atoms with van der Waals surface area (Å²) in [4.78, 5) is 34.6. The van der Waals surface area contributed by atoms with Crippen molar-refractivity contribution in [3.63, 3.8) is 0 Å². The molecule has 2 amide bonds. The minimum atomic E-state index is -0.504. The molecule has 3 aromatic rings. The third-order valence-corrected chi connectivity index (χ3v) is 5.14. The first-order valence-corrected chi connectivity index (χ1v) is 10.1. The third kappa shape index (κ3) is 4.96. The van der Waals surface area contributed by atoms with Crippen molar-refractivity contribution in [1.82, 2.24) is 14.9 Å². The Morgan fingerprint density at radius 3 is 2.62 bits per heavy atom. The number of carbonyl (C=O) groups is 2. The quantitative estimate of drug-likeness (QED) is 0.615. The number of ether oxygens (including phenoxy) is 1. The number of hydrogen-bond acceptors (Lipinski definition) is 6. The number of hydrogen-bond donors (Lipinski definition) is 2. The van der Waals surface area contributed by atoms with Gasteiger partial charge in [0, 0.05) is 36.6 Å². The molecule has 1 aliphatic heterocycles. The van der Waals surface area contributed by atoms with Gasteiger partial charge in [-0.3, -0.25) is 24.5 Å². The molecule has 4 rings (SSSR count). The highest BCUT2D eigenvalue weighted by atomic mass is 19.1. The maximum absolute atomic E-state index is 13.8. The summed E-state index contributed by atoms with van der Waals surface area (Å²) in [6, 6.07) is 12.8. The number of para-hydroxylation sites is 1. The van der Waals surface area contributed by atoms with Crippen LogP contribution in [0, 0.1) is 5.82 Å². The van der Waals surface area contributed by atoms with Crippen molar-refractivity contribution in [2.24, 2.45) is 5.73 Å². The second-order valence-electron chi connectivity index (χ2n) is 7.35. The van der Waals surface area contributed by atoms with Crippen LogP contribution in [0.1, 0.15) is 22.2 Å². The standard InChI is InChI=1S/C23H22FN5O3/c24-17-3-1-2-4-18(17)28-20(30)14-29-11-12-32-19(13-29)22-21(26-9-10-27-22)15-5-7-16(8-6-15)23(25)31/h1-10,19H,11-14H2,(H2,25,31)(H,28,30)/t19-/m0/s1. The summed E-state index contributed by atoms with van der Waals surface area (Å²) >= 11 is 0. The van der Waals surface area contributed by atoms with E-state index in [1.165, 1.54) is 12.1 Å². The molecule has 164 valence electrons. The number of anilines is 1. The van der Waals surface area contributed by atoms with Crippen LogP contribution < -0.4 is 11.1 Å². The van der Waals surface area contributed by atoms with Crippen LogP contribution in [0.25, 0.3) is 11.3 Å². The number of nitrogens with zero attached hydrogens (tertiary/aromatic N) is 3. The van der Waals surface area contributed by atoms with Crippen LogP contribution in [0.5, 0.6) is 0 Å². The molecule has 2 heterocycles. The normalized spacial score (nSPS) is 16.5. The van der Waals surface area contributed by atoms with E-state index in [0.29, 0.717) is 36.6 Å². The summed E-state index contributed by atoms with van der Waals surface area (Å²) in [6.45, 7) is 1.49. The molecular weight excluding hydrogens is 413 g/mol. The highest BCUT2D eigenvalue weighted by Crippen LogP contribution is 2.29. The summed E-state index contributed by atoms with van der Waals surface area (Å²) in [7, 11) is 0. The Hall–Kier alpha value is -3.69. The summed E-state index contributed by atoms with van der Waals surface area (Å²) in [5, 5.41) is 2.60. The second kappa shape index (κ2) is 9.63. The van der Waals surface area contributed by atoms with Crippen molar-refractivity contribution in [3.8, 4) is 11.3 Å². The molecule has 0 saturated carbocycles. The SMILES string of the molecule is NC(=O)c1ccc(-c2nccnc2[C@@H]2CN(CC(=O)Nc3ccccc3F)CCO2)cc1. The maximum Gasteiger partial charge on any atom is 0.248 e. The molecule has 0 bridgehead atoms. The van der Waals surface area contributed by atoms with E-state index in [2.05, 4.69) is 15.3 Å². The van der Waals surface area contributed by atoms with Gasteiger partial charge in [0.15, 0.2) is 0 Å². The van der Waals surface area contributed by atoms with Gasteiger partial charge in [0.2, 0.25) is 11.8 Å². The van der Waals surface area contributed by atoms with Gasteiger partial charge in [-0.15, -0.1) is 0 Å². The van der Waals surface area contributed by atoms with Gasteiger partial charge in [-0.05, 0) is 24.3 Å². The topological polar surface area (TPSA) is 110 Å². The smallest absolute Gasteiger partial charge is 0.248 e. The molecule has 0 radical (unpaired) electrons. The summed E-state index contributed by atoms with van der Waals surface area (Å²) in [6.07, 6.45) is 2.78. The first kappa shape index (κ1) is 21.5. The van der Waals surface area contributed by atoms with Crippen molar-refractivity contribution in [2.75, 3.05) is 31.6 Å². The predicted molar refractivity (Wildman–Crippen MR) is 116 cm³/mol. The number of nitrogens with one attached hydrogen (secondary N) is 1. The minimum absolute atomic E-state index is 0.0943. The van der Waals surface area contributed by atoms with Crippen LogP contribution in [-0.4, -0.2) is 52.9 Å². The zero-order valence-electron chi connectivity index (χ0n) is 17.2. The maximum atomic E-state index is 13.8. The fourth-order valence-electron chi connectivity index (χ4n) is 3.57. The molecule has 0 unspecified atom stereocenters. The lowest BCUT2D eigenvalue weighted by Gasteiger charge is -2.32. The summed E-state index contributed by atoms with van der Waals surface area (Å²) in [5.74, 6) is -1.29. The number of aromatic nitrogens is 2. The fraction of sp³-hybridized carbons (Fsp3) is 0.217. The number of halogens is 1. The zero-order chi connectivity index (χ0) is 22.5. The third-order valence-electron chi connectivity index (χ3n) is 5.14. The Morgan fingerprint density at radius 1 is 1.12 bits per heavy atom. The number of benzene rings is 2.